The zero-order valence-corrected chi connectivity index (χ0v) is 18.4. The first-order valence-corrected chi connectivity index (χ1v) is 11.6. The average molecular weight is 461 g/mol. The van der Waals surface area contributed by atoms with Gasteiger partial charge in [-0.05, 0) is 72.4 Å². The summed E-state index contributed by atoms with van der Waals surface area (Å²) in [5.74, 6) is 2.66. The van der Waals surface area contributed by atoms with Gasteiger partial charge in [-0.1, -0.05) is 35.9 Å². The van der Waals surface area contributed by atoms with Crippen LogP contribution in [-0.2, 0) is 11.2 Å². The minimum atomic E-state index is -1.41. The standard InChI is InChI=1S/C25H29ClO6/c26-20-6-3-14(25-24(30)23(29)22(28)21(12-27)32-25)8-17(20)7-13-1-4-18(5-2-13)31-19-10-15-9-16(15)11-19/h1-6,8,15-16,19,21-25,27-30H,7,9-12H2/t15-,16+,19?,21-,22-,23+,24?,25?/m1/s1. The van der Waals surface area contributed by atoms with Crippen molar-refractivity contribution in [2.45, 2.75) is 62.3 Å². The molecule has 3 unspecified atom stereocenters. The Bertz CT molecular complexity index is 938. The van der Waals surface area contributed by atoms with E-state index in [0.717, 1.165) is 28.7 Å². The lowest BCUT2D eigenvalue weighted by Crippen LogP contribution is -2.55. The summed E-state index contributed by atoms with van der Waals surface area (Å²) >= 11 is 6.43. The van der Waals surface area contributed by atoms with Gasteiger partial charge in [-0.3, -0.25) is 0 Å². The lowest BCUT2D eigenvalue weighted by atomic mass is 9.90. The summed E-state index contributed by atoms with van der Waals surface area (Å²) in [4.78, 5) is 0. The molecule has 0 amide bonds. The molecule has 0 radical (unpaired) electrons. The van der Waals surface area contributed by atoms with Gasteiger partial charge in [0.05, 0.1) is 12.7 Å². The van der Waals surface area contributed by atoms with E-state index in [-0.39, 0.29) is 0 Å². The van der Waals surface area contributed by atoms with Crippen molar-refractivity contribution < 1.29 is 29.9 Å². The van der Waals surface area contributed by atoms with Crippen molar-refractivity contribution in [2.24, 2.45) is 11.8 Å². The summed E-state index contributed by atoms with van der Waals surface area (Å²) < 4.78 is 11.8. The van der Waals surface area contributed by atoms with Crippen LogP contribution in [-0.4, -0.2) is 57.6 Å². The predicted octanol–water partition coefficient (Wildman–Crippen LogP) is 2.62. The van der Waals surface area contributed by atoms with Crippen molar-refractivity contribution in [3.05, 3.63) is 64.2 Å². The van der Waals surface area contributed by atoms with E-state index in [0.29, 0.717) is 23.1 Å². The summed E-state index contributed by atoms with van der Waals surface area (Å²) in [5.41, 5.74) is 2.55. The lowest BCUT2D eigenvalue weighted by Gasteiger charge is -2.40. The van der Waals surface area contributed by atoms with Crippen LogP contribution in [0.1, 0.15) is 42.1 Å². The van der Waals surface area contributed by atoms with Gasteiger partial charge in [0.25, 0.3) is 0 Å². The molecule has 3 fully saturated rings. The monoisotopic (exact) mass is 460 g/mol. The molecule has 2 aliphatic carbocycles. The summed E-state index contributed by atoms with van der Waals surface area (Å²) in [5, 5.41) is 40.6. The minimum Gasteiger partial charge on any atom is -0.490 e. The van der Waals surface area contributed by atoms with Crippen LogP contribution in [0.3, 0.4) is 0 Å². The molecular weight excluding hydrogens is 432 g/mol. The number of aliphatic hydroxyl groups excluding tert-OH is 4. The minimum absolute atomic E-state index is 0.342. The first-order chi connectivity index (χ1) is 15.4. The van der Waals surface area contributed by atoms with Gasteiger partial charge in [0.15, 0.2) is 0 Å². The highest BCUT2D eigenvalue weighted by atomic mass is 35.5. The fourth-order valence-corrected chi connectivity index (χ4v) is 5.32. The van der Waals surface area contributed by atoms with Crippen LogP contribution in [0.15, 0.2) is 42.5 Å². The van der Waals surface area contributed by atoms with E-state index in [1.807, 2.05) is 30.3 Å². The Morgan fingerprint density at radius 3 is 2.31 bits per heavy atom. The van der Waals surface area contributed by atoms with Gasteiger partial charge in [-0.25, -0.2) is 0 Å². The molecule has 2 saturated carbocycles. The maximum Gasteiger partial charge on any atom is 0.119 e. The topological polar surface area (TPSA) is 99.4 Å². The van der Waals surface area contributed by atoms with Gasteiger partial charge in [0.1, 0.15) is 36.3 Å². The Hall–Kier alpha value is -1.67. The summed E-state index contributed by atoms with van der Waals surface area (Å²) in [6.45, 7) is -0.460. The first kappa shape index (κ1) is 22.1. The van der Waals surface area contributed by atoms with Crippen LogP contribution in [0.4, 0.5) is 0 Å². The van der Waals surface area contributed by atoms with Crippen LogP contribution in [0, 0.1) is 11.8 Å². The summed E-state index contributed by atoms with van der Waals surface area (Å²) in [6.07, 6.45) is -1.30. The Balaban J connectivity index is 1.28. The van der Waals surface area contributed by atoms with Crippen LogP contribution < -0.4 is 4.74 Å². The molecule has 0 spiro atoms. The van der Waals surface area contributed by atoms with E-state index < -0.39 is 37.1 Å². The van der Waals surface area contributed by atoms with Crippen LogP contribution in [0.2, 0.25) is 5.02 Å². The molecule has 8 atom stereocenters. The summed E-state index contributed by atoms with van der Waals surface area (Å²) in [7, 11) is 0. The molecule has 32 heavy (non-hydrogen) atoms. The normalized spacial score (nSPS) is 36.0. The Kier molecular flexibility index (Phi) is 6.18. The molecule has 1 heterocycles. The number of hydrogen-bond donors (Lipinski definition) is 4. The van der Waals surface area contributed by atoms with Crippen LogP contribution in [0.25, 0.3) is 0 Å². The molecule has 0 aromatic heterocycles. The SMILES string of the molecule is OC[C@H]1OC(c2ccc(Cl)c(Cc3ccc(OC4C[C@@H]5C[C@@H]5C4)cc3)c2)C(O)[C@@H](O)[C@@H]1O. The molecule has 1 aliphatic heterocycles. The zero-order valence-electron chi connectivity index (χ0n) is 17.7. The van der Waals surface area contributed by atoms with Gasteiger partial charge in [0, 0.05) is 5.02 Å². The van der Waals surface area contributed by atoms with Gasteiger partial charge in [-0.2, -0.15) is 0 Å². The highest BCUT2D eigenvalue weighted by molar-refractivity contribution is 6.31. The molecule has 7 heteroatoms. The van der Waals surface area contributed by atoms with Crippen LogP contribution in [0.5, 0.6) is 5.75 Å². The fraction of sp³-hybridized carbons (Fsp3) is 0.520. The zero-order chi connectivity index (χ0) is 22.4. The maximum atomic E-state index is 10.4. The van der Waals surface area contributed by atoms with Crippen molar-refractivity contribution in [3.63, 3.8) is 0 Å². The molecule has 2 aromatic rings. The number of halogens is 1. The maximum absolute atomic E-state index is 10.4. The number of aliphatic hydroxyl groups is 4. The Morgan fingerprint density at radius 2 is 1.62 bits per heavy atom. The molecule has 2 aromatic carbocycles. The smallest absolute Gasteiger partial charge is 0.119 e. The number of ether oxygens (including phenoxy) is 2. The number of fused-ring (bicyclic) bond motifs is 1. The van der Waals surface area contributed by atoms with Crippen LogP contribution >= 0.6 is 11.6 Å². The molecule has 5 rings (SSSR count). The van der Waals surface area contributed by atoms with E-state index in [4.69, 9.17) is 21.1 Å². The second-order valence-corrected chi connectivity index (χ2v) is 9.80. The quantitative estimate of drug-likeness (QED) is 0.529. The third-order valence-electron chi connectivity index (χ3n) is 7.11. The molecule has 4 N–H and O–H groups in total. The van der Waals surface area contributed by atoms with Crippen molar-refractivity contribution in [2.75, 3.05) is 6.61 Å². The average Bonchev–Trinajstić information content (AvgIpc) is 3.41. The summed E-state index contributed by atoms with van der Waals surface area (Å²) in [6, 6.07) is 13.3. The lowest BCUT2D eigenvalue weighted by molar-refractivity contribution is -0.231. The van der Waals surface area contributed by atoms with E-state index in [2.05, 4.69) is 0 Å². The van der Waals surface area contributed by atoms with Gasteiger partial charge in [0.2, 0.25) is 0 Å². The van der Waals surface area contributed by atoms with Gasteiger partial charge >= 0.3 is 0 Å². The van der Waals surface area contributed by atoms with Crippen molar-refractivity contribution in [1.29, 1.82) is 0 Å². The van der Waals surface area contributed by atoms with E-state index >= 15 is 0 Å². The predicted molar refractivity (Wildman–Crippen MR) is 119 cm³/mol. The number of benzene rings is 2. The van der Waals surface area contributed by atoms with E-state index in [1.165, 1.54) is 19.3 Å². The fourth-order valence-electron chi connectivity index (χ4n) is 5.14. The molecule has 0 bridgehead atoms. The van der Waals surface area contributed by atoms with Gasteiger partial charge in [-0.15, -0.1) is 0 Å². The second-order valence-electron chi connectivity index (χ2n) is 9.39. The molecule has 3 aliphatic rings. The molecule has 6 nitrogen and oxygen atoms in total. The third kappa shape index (κ3) is 4.40. The first-order valence-electron chi connectivity index (χ1n) is 11.3. The number of rotatable bonds is 6. The highest BCUT2D eigenvalue weighted by Gasteiger charge is 2.47. The van der Waals surface area contributed by atoms with E-state index in [9.17, 15) is 20.4 Å². The van der Waals surface area contributed by atoms with Crippen molar-refractivity contribution in [1.82, 2.24) is 0 Å². The van der Waals surface area contributed by atoms with E-state index in [1.54, 1.807) is 12.1 Å². The Labute approximate surface area is 192 Å². The second kappa shape index (κ2) is 8.93. The number of hydrogen-bond acceptors (Lipinski definition) is 6. The highest BCUT2D eigenvalue weighted by Crippen LogP contribution is 2.52. The molecule has 1 saturated heterocycles. The molecule has 172 valence electrons. The van der Waals surface area contributed by atoms with Gasteiger partial charge < -0.3 is 29.9 Å². The Morgan fingerprint density at radius 1 is 0.906 bits per heavy atom. The largest absolute Gasteiger partial charge is 0.490 e. The van der Waals surface area contributed by atoms with Crippen molar-refractivity contribution >= 4 is 11.6 Å². The van der Waals surface area contributed by atoms with Crippen molar-refractivity contribution in [3.8, 4) is 5.75 Å². The molecular formula is C25H29ClO6. The third-order valence-corrected chi connectivity index (χ3v) is 7.48.